The number of piperidine rings is 1. The Morgan fingerprint density at radius 1 is 1.20 bits per heavy atom. The van der Waals surface area contributed by atoms with E-state index in [2.05, 4.69) is 31.6 Å². The molecular formula is C22H27N5O3. The lowest BCUT2D eigenvalue weighted by atomic mass is 10.1. The second kappa shape index (κ2) is 8.57. The van der Waals surface area contributed by atoms with Gasteiger partial charge in [0.15, 0.2) is 0 Å². The molecule has 0 bridgehead atoms. The predicted octanol–water partition coefficient (Wildman–Crippen LogP) is 2.42. The fraction of sp³-hybridized carbons (Fsp3) is 0.500. The number of nitrogens with one attached hydrogen (secondary N) is 2. The quantitative estimate of drug-likeness (QED) is 0.784. The highest BCUT2D eigenvalue weighted by Crippen LogP contribution is 2.36. The Balaban J connectivity index is 1.28. The fourth-order valence-electron chi connectivity index (χ4n) is 4.35. The molecule has 1 aromatic heterocycles. The van der Waals surface area contributed by atoms with Gasteiger partial charge in [0.1, 0.15) is 24.4 Å². The predicted molar refractivity (Wildman–Crippen MR) is 113 cm³/mol. The van der Waals surface area contributed by atoms with Crippen molar-refractivity contribution in [2.45, 2.75) is 44.3 Å². The molecule has 2 saturated heterocycles. The van der Waals surface area contributed by atoms with Crippen LogP contribution in [0.5, 0.6) is 5.88 Å². The molecule has 1 aromatic carbocycles. The van der Waals surface area contributed by atoms with Gasteiger partial charge in [-0.25, -0.2) is 9.97 Å². The molecule has 3 aliphatic heterocycles. The Morgan fingerprint density at radius 2 is 2.10 bits per heavy atom. The molecule has 1 amide bonds. The van der Waals surface area contributed by atoms with E-state index in [0.29, 0.717) is 12.5 Å². The lowest BCUT2D eigenvalue weighted by molar-refractivity contribution is -0.124. The third-order valence-corrected chi connectivity index (χ3v) is 5.94. The number of aromatic nitrogens is 2. The zero-order chi connectivity index (χ0) is 20.3. The highest BCUT2D eigenvalue weighted by atomic mass is 16.5. The smallest absolute Gasteiger partial charge is 0.253 e. The summed E-state index contributed by atoms with van der Waals surface area (Å²) in [7, 11) is 0. The van der Waals surface area contributed by atoms with Crippen LogP contribution in [-0.4, -0.2) is 54.3 Å². The minimum Gasteiger partial charge on any atom is -0.474 e. The average Bonchev–Trinajstić information content (AvgIpc) is 3.45. The summed E-state index contributed by atoms with van der Waals surface area (Å²) in [6.45, 7) is 3.46. The summed E-state index contributed by atoms with van der Waals surface area (Å²) in [4.78, 5) is 23.3. The van der Waals surface area contributed by atoms with Crippen LogP contribution in [0.25, 0.3) is 0 Å². The molecule has 4 heterocycles. The molecule has 0 spiro atoms. The summed E-state index contributed by atoms with van der Waals surface area (Å²) < 4.78 is 11.5. The van der Waals surface area contributed by atoms with Gasteiger partial charge in [0.05, 0.1) is 0 Å². The molecule has 8 nitrogen and oxygen atoms in total. The normalized spacial score (nSPS) is 21.5. The topological polar surface area (TPSA) is 88.6 Å². The van der Waals surface area contributed by atoms with E-state index >= 15 is 0 Å². The number of carbonyl (C=O) groups excluding carboxylic acids is 1. The van der Waals surface area contributed by atoms with Crippen molar-refractivity contribution in [1.29, 1.82) is 0 Å². The van der Waals surface area contributed by atoms with E-state index in [0.717, 1.165) is 68.9 Å². The molecule has 2 aromatic rings. The van der Waals surface area contributed by atoms with Gasteiger partial charge < -0.3 is 25.0 Å². The molecule has 5 rings (SSSR count). The molecule has 0 saturated carbocycles. The van der Waals surface area contributed by atoms with Gasteiger partial charge in [-0.15, -0.1) is 0 Å². The average molecular weight is 409 g/mol. The third-order valence-electron chi connectivity index (χ3n) is 5.94. The van der Waals surface area contributed by atoms with Gasteiger partial charge in [0.2, 0.25) is 5.88 Å². The zero-order valence-electron chi connectivity index (χ0n) is 17.0. The first-order chi connectivity index (χ1) is 14.8. The maximum absolute atomic E-state index is 12.3. The van der Waals surface area contributed by atoms with Crippen LogP contribution in [0.4, 0.5) is 17.2 Å². The van der Waals surface area contributed by atoms with Gasteiger partial charge in [-0.3, -0.25) is 4.79 Å². The lowest BCUT2D eigenvalue weighted by Gasteiger charge is -2.24. The van der Waals surface area contributed by atoms with Crippen molar-refractivity contribution in [3.63, 3.8) is 0 Å². The second-order valence-electron chi connectivity index (χ2n) is 8.02. The van der Waals surface area contributed by atoms with Gasteiger partial charge in [0.25, 0.3) is 5.91 Å². The number of fused-ring (bicyclic) bond motifs is 1. The van der Waals surface area contributed by atoms with Crippen molar-refractivity contribution in [1.82, 2.24) is 15.3 Å². The number of anilines is 3. The molecule has 3 aliphatic rings. The molecule has 158 valence electrons. The van der Waals surface area contributed by atoms with Gasteiger partial charge in [-0.1, -0.05) is 0 Å². The van der Waals surface area contributed by atoms with Crippen LogP contribution >= 0.6 is 0 Å². The second-order valence-corrected chi connectivity index (χ2v) is 8.02. The van der Waals surface area contributed by atoms with Gasteiger partial charge in [0, 0.05) is 30.6 Å². The van der Waals surface area contributed by atoms with Crippen molar-refractivity contribution in [2.75, 3.05) is 36.5 Å². The van der Waals surface area contributed by atoms with Crippen LogP contribution in [-0.2, 0) is 16.0 Å². The summed E-state index contributed by atoms with van der Waals surface area (Å²) in [5.74, 6) is 1.41. The minimum absolute atomic E-state index is 0.0576. The summed E-state index contributed by atoms with van der Waals surface area (Å²) in [6.07, 6.45) is 6.06. The van der Waals surface area contributed by atoms with Crippen molar-refractivity contribution in [2.24, 2.45) is 0 Å². The molecule has 2 N–H and O–H groups in total. The highest BCUT2D eigenvalue weighted by molar-refractivity contribution is 5.94. The number of hydrogen-bond donors (Lipinski definition) is 2. The maximum Gasteiger partial charge on any atom is 0.253 e. The molecule has 0 radical (unpaired) electrons. The van der Waals surface area contributed by atoms with Crippen LogP contribution in [0.1, 0.15) is 31.2 Å². The van der Waals surface area contributed by atoms with Crippen LogP contribution in [0.15, 0.2) is 30.6 Å². The van der Waals surface area contributed by atoms with E-state index in [1.165, 1.54) is 5.56 Å². The number of hydrogen-bond acceptors (Lipinski definition) is 7. The summed E-state index contributed by atoms with van der Waals surface area (Å²) in [5.41, 5.74) is 3.12. The highest BCUT2D eigenvalue weighted by Gasteiger charge is 2.26. The van der Waals surface area contributed by atoms with E-state index in [1.807, 2.05) is 18.2 Å². The Bertz CT molecular complexity index is 909. The van der Waals surface area contributed by atoms with Crippen molar-refractivity contribution in [3.05, 3.63) is 36.2 Å². The summed E-state index contributed by atoms with van der Waals surface area (Å²) in [5, 5.41) is 6.34. The monoisotopic (exact) mass is 409 g/mol. The Kier molecular flexibility index (Phi) is 5.50. The number of benzene rings is 1. The first-order valence-corrected chi connectivity index (χ1v) is 10.8. The van der Waals surface area contributed by atoms with Gasteiger partial charge in [-0.05, 0) is 69.0 Å². The van der Waals surface area contributed by atoms with E-state index < -0.39 is 0 Å². The van der Waals surface area contributed by atoms with Crippen LogP contribution in [0, 0.1) is 0 Å². The van der Waals surface area contributed by atoms with Crippen molar-refractivity contribution < 1.29 is 14.3 Å². The molecule has 8 heteroatoms. The summed E-state index contributed by atoms with van der Waals surface area (Å²) >= 11 is 0. The first kappa shape index (κ1) is 19.3. The van der Waals surface area contributed by atoms with Crippen LogP contribution in [0.2, 0.25) is 0 Å². The largest absolute Gasteiger partial charge is 0.474 e. The molecule has 2 fully saturated rings. The Hall–Kier alpha value is -2.71. The van der Waals surface area contributed by atoms with Gasteiger partial charge >= 0.3 is 0 Å². The lowest BCUT2D eigenvalue weighted by Crippen LogP contribution is -2.34. The zero-order valence-corrected chi connectivity index (χ0v) is 17.0. The van der Waals surface area contributed by atoms with E-state index in [-0.39, 0.29) is 18.1 Å². The third kappa shape index (κ3) is 4.11. The molecule has 1 atom stereocenters. The Labute approximate surface area is 176 Å². The first-order valence-electron chi connectivity index (χ1n) is 10.8. The maximum atomic E-state index is 12.3. The number of carbonyl (C=O) groups is 1. The molecule has 1 unspecified atom stereocenters. The van der Waals surface area contributed by atoms with E-state index in [1.54, 1.807) is 6.33 Å². The molecular weight excluding hydrogens is 382 g/mol. The van der Waals surface area contributed by atoms with Crippen LogP contribution in [0.3, 0.4) is 0 Å². The van der Waals surface area contributed by atoms with Gasteiger partial charge in [-0.2, -0.15) is 0 Å². The fourth-order valence-corrected chi connectivity index (χ4v) is 4.35. The number of rotatable bonds is 5. The number of nitrogens with zero attached hydrogens (tertiary/aromatic N) is 3. The molecule has 30 heavy (non-hydrogen) atoms. The minimum atomic E-state index is -0.325. The Morgan fingerprint density at radius 3 is 2.93 bits per heavy atom. The SMILES string of the molecule is O=C(Nc1ccc2c(c1)CCN2c1cc(OC2CCNCC2)ncn1)C1CCCO1. The van der Waals surface area contributed by atoms with Crippen molar-refractivity contribution in [3.8, 4) is 5.88 Å². The van der Waals surface area contributed by atoms with Crippen molar-refractivity contribution >= 4 is 23.1 Å². The standard InChI is InChI=1S/C22H27N5O3/c28-22(19-2-1-11-29-19)26-16-3-4-18-15(12-16)7-10-27(18)20-13-21(25-14-24-20)30-17-5-8-23-9-6-17/h3-4,12-14,17,19,23H,1-2,5-11H2,(H,26,28). The molecule has 0 aliphatic carbocycles. The number of amides is 1. The number of ether oxygens (including phenoxy) is 2. The summed E-state index contributed by atoms with van der Waals surface area (Å²) in [6, 6.07) is 7.96. The van der Waals surface area contributed by atoms with E-state index in [4.69, 9.17) is 9.47 Å². The van der Waals surface area contributed by atoms with Crippen LogP contribution < -0.4 is 20.3 Å². The van der Waals surface area contributed by atoms with E-state index in [9.17, 15) is 4.79 Å².